The molecule has 5 rings (SSSR count). The number of hydrogen-bond donors (Lipinski definition) is 0. The molecule has 6 heteroatoms. The van der Waals surface area contributed by atoms with Crippen molar-refractivity contribution in [3.05, 3.63) is 72.1 Å². The van der Waals surface area contributed by atoms with E-state index in [4.69, 9.17) is 9.47 Å². The molecule has 2 heterocycles. The van der Waals surface area contributed by atoms with Crippen molar-refractivity contribution in [2.75, 3.05) is 6.61 Å². The van der Waals surface area contributed by atoms with Gasteiger partial charge in [0.2, 0.25) is 0 Å². The highest BCUT2D eigenvalue weighted by atomic mass is 32.2. The highest BCUT2D eigenvalue weighted by molar-refractivity contribution is 8.00. The van der Waals surface area contributed by atoms with Crippen LogP contribution in [0.1, 0.15) is 17.0 Å². The molecule has 3 aromatic carbocycles. The Morgan fingerprint density at radius 3 is 2.70 bits per heavy atom. The maximum Gasteiger partial charge on any atom is 0.446 e. The second-order valence-corrected chi connectivity index (χ2v) is 7.76. The number of rotatable bonds is 2. The zero-order chi connectivity index (χ0) is 18.6. The van der Waals surface area contributed by atoms with E-state index in [1.807, 2.05) is 30.3 Å². The molecule has 1 radical (unpaired) electrons. The van der Waals surface area contributed by atoms with Gasteiger partial charge in [0, 0.05) is 27.8 Å². The van der Waals surface area contributed by atoms with Crippen LogP contribution >= 0.6 is 11.8 Å². The zero-order valence-corrected chi connectivity index (χ0v) is 14.8. The van der Waals surface area contributed by atoms with Gasteiger partial charge in [0.1, 0.15) is 17.6 Å². The standard InChI is InChI=1S/C21H14F3O2S/c22-21(23,24)27-14-7-8-16-17(11-25-18(16)10-14)19-9-13-6-5-12-3-1-2-4-15(12)20(13)26-19/h1-10,17,19H,11H2. The van der Waals surface area contributed by atoms with Crippen LogP contribution in [-0.2, 0) is 0 Å². The Labute approximate surface area is 158 Å². The summed E-state index contributed by atoms with van der Waals surface area (Å²) in [5, 5.41) is 2.17. The molecule has 27 heavy (non-hydrogen) atoms. The summed E-state index contributed by atoms with van der Waals surface area (Å²) in [6.07, 6.45) is 1.87. The molecule has 0 aliphatic carbocycles. The van der Waals surface area contributed by atoms with Crippen molar-refractivity contribution in [3.63, 3.8) is 0 Å². The average Bonchev–Trinajstić information content (AvgIpc) is 3.23. The minimum Gasteiger partial charge on any atom is -0.492 e. The van der Waals surface area contributed by atoms with E-state index in [9.17, 15) is 13.2 Å². The third kappa shape index (κ3) is 3.02. The number of halogens is 3. The van der Waals surface area contributed by atoms with Gasteiger partial charge >= 0.3 is 5.51 Å². The lowest BCUT2D eigenvalue weighted by Crippen LogP contribution is -2.23. The summed E-state index contributed by atoms with van der Waals surface area (Å²) in [7, 11) is 0. The van der Waals surface area contributed by atoms with Crippen LogP contribution in [0.3, 0.4) is 0 Å². The van der Waals surface area contributed by atoms with Gasteiger partial charge in [-0.15, -0.1) is 0 Å². The molecule has 0 saturated heterocycles. The summed E-state index contributed by atoms with van der Waals surface area (Å²) in [6.45, 7) is 0.391. The van der Waals surface area contributed by atoms with E-state index in [1.165, 1.54) is 12.1 Å². The highest BCUT2D eigenvalue weighted by Gasteiger charge is 2.38. The molecular weight excluding hydrogens is 373 g/mol. The second kappa shape index (κ2) is 6.09. The smallest absolute Gasteiger partial charge is 0.446 e. The number of benzene rings is 3. The fourth-order valence-electron chi connectivity index (χ4n) is 3.75. The van der Waals surface area contributed by atoms with Crippen molar-refractivity contribution in [1.82, 2.24) is 0 Å². The predicted octanol–water partition coefficient (Wildman–Crippen LogP) is 5.94. The molecule has 2 aliphatic rings. The second-order valence-electron chi connectivity index (χ2n) is 6.62. The lowest BCUT2D eigenvalue weighted by Gasteiger charge is -2.17. The summed E-state index contributed by atoms with van der Waals surface area (Å²) in [6, 6.07) is 16.8. The summed E-state index contributed by atoms with van der Waals surface area (Å²) in [5.41, 5.74) is -2.38. The van der Waals surface area contributed by atoms with E-state index in [0.29, 0.717) is 12.4 Å². The normalized spacial score (nSPS) is 20.9. The quantitative estimate of drug-likeness (QED) is 0.507. The molecule has 2 aliphatic heterocycles. The van der Waals surface area contributed by atoms with Crippen LogP contribution in [0.25, 0.3) is 10.8 Å². The summed E-state index contributed by atoms with van der Waals surface area (Å²) < 4.78 is 49.7. The molecule has 0 bridgehead atoms. The Kier molecular flexibility index (Phi) is 3.79. The first kappa shape index (κ1) is 16.8. The monoisotopic (exact) mass is 387 g/mol. The molecule has 137 valence electrons. The third-order valence-electron chi connectivity index (χ3n) is 4.94. The van der Waals surface area contributed by atoms with Crippen LogP contribution in [0, 0.1) is 6.42 Å². The van der Waals surface area contributed by atoms with Crippen molar-refractivity contribution in [2.24, 2.45) is 0 Å². The first-order valence-electron chi connectivity index (χ1n) is 8.54. The van der Waals surface area contributed by atoms with Crippen LogP contribution in [-0.4, -0.2) is 18.2 Å². The number of fused-ring (bicyclic) bond motifs is 4. The average molecular weight is 387 g/mol. The van der Waals surface area contributed by atoms with Gasteiger partial charge in [-0.05, 0) is 29.3 Å². The van der Waals surface area contributed by atoms with Crippen molar-refractivity contribution >= 4 is 22.5 Å². The topological polar surface area (TPSA) is 18.5 Å². The van der Waals surface area contributed by atoms with Crippen LogP contribution in [0.2, 0.25) is 0 Å². The van der Waals surface area contributed by atoms with E-state index in [1.54, 1.807) is 6.07 Å². The van der Waals surface area contributed by atoms with Gasteiger partial charge in [0.05, 0.1) is 12.5 Å². The highest BCUT2D eigenvalue weighted by Crippen LogP contribution is 2.47. The molecule has 0 aromatic heterocycles. The van der Waals surface area contributed by atoms with Crippen molar-refractivity contribution in [2.45, 2.75) is 22.4 Å². The molecule has 2 atom stereocenters. The largest absolute Gasteiger partial charge is 0.492 e. The third-order valence-corrected chi connectivity index (χ3v) is 5.66. The lowest BCUT2D eigenvalue weighted by atomic mass is 9.92. The molecule has 0 spiro atoms. The minimum absolute atomic E-state index is 0.0453. The van der Waals surface area contributed by atoms with E-state index < -0.39 is 5.51 Å². The maximum absolute atomic E-state index is 12.6. The van der Waals surface area contributed by atoms with Gasteiger partial charge < -0.3 is 9.47 Å². The Morgan fingerprint density at radius 1 is 1.00 bits per heavy atom. The van der Waals surface area contributed by atoms with E-state index >= 15 is 0 Å². The van der Waals surface area contributed by atoms with Crippen LogP contribution in [0.5, 0.6) is 11.5 Å². The van der Waals surface area contributed by atoms with Gasteiger partial charge in [-0.1, -0.05) is 42.5 Å². The number of hydrogen-bond acceptors (Lipinski definition) is 3. The van der Waals surface area contributed by atoms with Crippen molar-refractivity contribution in [3.8, 4) is 11.5 Å². The molecule has 0 N–H and O–H groups in total. The molecule has 0 saturated carbocycles. The molecular formula is C21H14F3O2S. The van der Waals surface area contributed by atoms with E-state index in [-0.39, 0.29) is 28.7 Å². The van der Waals surface area contributed by atoms with Crippen LogP contribution in [0.15, 0.2) is 59.5 Å². The van der Waals surface area contributed by atoms with Crippen molar-refractivity contribution in [1.29, 1.82) is 0 Å². The molecule has 3 aromatic rings. The van der Waals surface area contributed by atoms with Crippen LogP contribution in [0.4, 0.5) is 13.2 Å². The Hall–Kier alpha value is -2.34. The van der Waals surface area contributed by atoms with Gasteiger partial charge in [-0.3, -0.25) is 0 Å². The fraction of sp³-hybridized carbons (Fsp3) is 0.190. The first-order valence-corrected chi connectivity index (χ1v) is 9.35. The Bertz CT molecular complexity index is 1030. The minimum atomic E-state index is -4.31. The van der Waals surface area contributed by atoms with Gasteiger partial charge in [0.15, 0.2) is 0 Å². The lowest BCUT2D eigenvalue weighted by molar-refractivity contribution is -0.0328. The Morgan fingerprint density at radius 2 is 1.85 bits per heavy atom. The first-order chi connectivity index (χ1) is 13.0. The SMILES string of the molecule is FC(F)(F)Sc1ccc2c(c1)OCC2C1[CH]c2ccc3ccccc3c2O1. The number of ether oxygens (including phenoxy) is 2. The maximum atomic E-state index is 12.6. The molecule has 0 amide bonds. The summed E-state index contributed by atoms with van der Waals surface area (Å²) in [4.78, 5) is 0.132. The van der Waals surface area contributed by atoms with Gasteiger partial charge in [0.25, 0.3) is 0 Å². The van der Waals surface area contributed by atoms with Gasteiger partial charge in [-0.25, -0.2) is 0 Å². The van der Waals surface area contributed by atoms with Crippen molar-refractivity contribution < 1.29 is 22.6 Å². The summed E-state index contributed by atoms with van der Waals surface area (Å²) in [5.74, 6) is 1.32. The van der Waals surface area contributed by atoms with E-state index in [2.05, 4.69) is 12.5 Å². The molecule has 2 unspecified atom stereocenters. The van der Waals surface area contributed by atoms with E-state index in [0.717, 1.165) is 27.6 Å². The predicted molar refractivity (Wildman–Crippen MR) is 98.4 cm³/mol. The number of alkyl halides is 3. The Balaban J connectivity index is 1.42. The van der Waals surface area contributed by atoms with Gasteiger partial charge in [-0.2, -0.15) is 13.2 Å². The molecule has 0 fully saturated rings. The van der Waals surface area contributed by atoms with Crippen LogP contribution < -0.4 is 9.47 Å². The fourth-order valence-corrected chi connectivity index (χ4v) is 4.32. The zero-order valence-electron chi connectivity index (χ0n) is 14.0. The number of thioether (sulfide) groups is 1. The molecule has 2 nitrogen and oxygen atoms in total. The summed E-state index contributed by atoms with van der Waals surface area (Å²) >= 11 is -0.128.